The zero-order valence-corrected chi connectivity index (χ0v) is 10.6. The van der Waals surface area contributed by atoms with E-state index >= 15 is 0 Å². The zero-order chi connectivity index (χ0) is 12.4. The van der Waals surface area contributed by atoms with Crippen LogP contribution in [0.2, 0.25) is 0 Å². The van der Waals surface area contributed by atoms with Crippen molar-refractivity contribution >= 4 is 5.91 Å². The highest BCUT2D eigenvalue weighted by molar-refractivity contribution is 5.80. The molecule has 0 unspecified atom stereocenters. The number of amides is 1. The molecule has 2 fully saturated rings. The van der Waals surface area contributed by atoms with E-state index in [1.165, 1.54) is 12.0 Å². The topological polar surface area (TPSA) is 29.5 Å². The Hall–Kier alpha value is -1.35. The summed E-state index contributed by atoms with van der Waals surface area (Å²) >= 11 is 0. The molecule has 1 aromatic rings. The van der Waals surface area contributed by atoms with Crippen molar-refractivity contribution in [3.05, 3.63) is 35.9 Å². The monoisotopic (exact) mass is 245 g/mol. The van der Waals surface area contributed by atoms with E-state index in [1.807, 2.05) is 23.1 Å². The van der Waals surface area contributed by atoms with E-state index in [-0.39, 0.29) is 11.5 Å². The van der Waals surface area contributed by atoms with Crippen LogP contribution in [0.5, 0.6) is 0 Å². The van der Waals surface area contributed by atoms with Gasteiger partial charge in [-0.3, -0.25) is 4.79 Å². The molecule has 0 N–H and O–H groups in total. The fourth-order valence-electron chi connectivity index (χ4n) is 3.00. The molecule has 0 bridgehead atoms. The van der Waals surface area contributed by atoms with Gasteiger partial charge in [0.25, 0.3) is 0 Å². The summed E-state index contributed by atoms with van der Waals surface area (Å²) in [5.74, 6) is 0.237. The molecule has 2 aliphatic rings. The Morgan fingerprint density at radius 2 is 2.06 bits per heavy atom. The van der Waals surface area contributed by atoms with Gasteiger partial charge in [0.2, 0.25) is 5.91 Å². The molecule has 1 aromatic carbocycles. The highest BCUT2D eigenvalue weighted by Crippen LogP contribution is 2.35. The first kappa shape index (κ1) is 11.7. The second-order valence-corrected chi connectivity index (χ2v) is 5.40. The Bertz CT molecular complexity index is 423. The molecule has 2 saturated heterocycles. The average Bonchev–Trinajstić information content (AvgIpc) is 2.68. The van der Waals surface area contributed by atoms with Crippen LogP contribution in [0.15, 0.2) is 30.3 Å². The van der Waals surface area contributed by atoms with Crippen molar-refractivity contribution in [2.24, 2.45) is 0 Å². The van der Waals surface area contributed by atoms with Crippen molar-refractivity contribution < 1.29 is 9.53 Å². The molecule has 0 saturated carbocycles. The molecule has 3 nitrogen and oxygen atoms in total. The number of nitrogens with zero attached hydrogens (tertiary/aromatic N) is 1. The SMILES string of the molecule is O=C1C[C@]2(CCCCO2)CN1Cc1ccccc1. The normalized spacial score (nSPS) is 28.0. The summed E-state index contributed by atoms with van der Waals surface area (Å²) < 4.78 is 5.90. The molecule has 1 amide bonds. The van der Waals surface area contributed by atoms with Crippen LogP contribution < -0.4 is 0 Å². The predicted molar refractivity (Wildman–Crippen MR) is 69.0 cm³/mol. The fourth-order valence-corrected chi connectivity index (χ4v) is 3.00. The maximum atomic E-state index is 12.1. The van der Waals surface area contributed by atoms with E-state index in [0.29, 0.717) is 13.0 Å². The summed E-state index contributed by atoms with van der Waals surface area (Å²) in [6.07, 6.45) is 3.92. The van der Waals surface area contributed by atoms with Crippen LogP contribution in [0.1, 0.15) is 31.2 Å². The fraction of sp³-hybridized carbons (Fsp3) is 0.533. The van der Waals surface area contributed by atoms with Crippen LogP contribution >= 0.6 is 0 Å². The van der Waals surface area contributed by atoms with Gasteiger partial charge in [-0.25, -0.2) is 0 Å². The molecular weight excluding hydrogens is 226 g/mol. The number of hydrogen-bond donors (Lipinski definition) is 0. The smallest absolute Gasteiger partial charge is 0.225 e. The van der Waals surface area contributed by atoms with Crippen molar-refractivity contribution in [1.29, 1.82) is 0 Å². The molecule has 3 rings (SSSR count). The second-order valence-electron chi connectivity index (χ2n) is 5.40. The minimum absolute atomic E-state index is 0.176. The number of rotatable bonds is 2. The first-order chi connectivity index (χ1) is 8.77. The van der Waals surface area contributed by atoms with Crippen LogP contribution in [0, 0.1) is 0 Å². The van der Waals surface area contributed by atoms with Gasteiger partial charge in [0.15, 0.2) is 0 Å². The standard InChI is InChI=1S/C15H19NO2/c17-14-10-15(8-4-5-9-18-15)12-16(14)11-13-6-2-1-3-7-13/h1-3,6-7H,4-5,8-12H2/t15-/m1/s1. The molecule has 0 aliphatic carbocycles. The van der Waals surface area contributed by atoms with Gasteiger partial charge < -0.3 is 9.64 Å². The Morgan fingerprint density at radius 3 is 2.78 bits per heavy atom. The summed E-state index contributed by atoms with van der Waals surface area (Å²) in [7, 11) is 0. The van der Waals surface area contributed by atoms with E-state index in [1.54, 1.807) is 0 Å². The van der Waals surface area contributed by atoms with E-state index in [4.69, 9.17) is 4.74 Å². The van der Waals surface area contributed by atoms with E-state index in [9.17, 15) is 4.79 Å². The van der Waals surface area contributed by atoms with Gasteiger partial charge in [-0.1, -0.05) is 30.3 Å². The van der Waals surface area contributed by atoms with Crippen LogP contribution in [0.3, 0.4) is 0 Å². The average molecular weight is 245 g/mol. The lowest BCUT2D eigenvalue weighted by atomic mass is 9.93. The lowest BCUT2D eigenvalue weighted by Gasteiger charge is -2.32. The number of benzene rings is 1. The van der Waals surface area contributed by atoms with Gasteiger partial charge in [0.1, 0.15) is 0 Å². The number of likely N-dealkylation sites (tertiary alicyclic amines) is 1. The van der Waals surface area contributed by atoms with Gasteiger partial charge in [0.05, 0.1) is 18.6 Å². The number of carbonyl (C=O) groups excluding carboxylic acids is 1. The quantitative estimate of drug-likeness (QED) is 0.800. The Kier molecular flexibility index (Phi) is 3.08. The van der Waals surface area contributed by atoms with Crippen molar-refractivity contribution in [3.8, 4) is 0 Å². The van der Waals surface area contributed by atoms with Gasteiger partial charge in [-0.15, -0.1) is 0 Å². The summed E-state index contributed by atoms with van der Waals surface area (Å²) in [5, 5.41) is 0. The molecule has 1 spiro atoms. The predicted octanol–water partition coefficient (Wildman–Crippen LogP) is 2.36. The van der Waals surface area contributed by atoms with E-state index in [2.05, 4.69) is 12.1 Å². The summed E-state index contributed by atoms with van der Waals surface area (Å²) in [5.41, 5.74) is 1.02. The summed E-state index contributed by atoms with van der Waals surface area (Å²) in [6.45, 7) is 2.29. The molecule has 0 aromatic heterocycles. The van der Waals surface area contributed by atoms with Crippen molar-refractivity contribution in [1.82, 2.24) is 4.90 Å². The molecular formula is C15H19NO2. The molecule has 2 heterocycles. The van der Waals surface area contributed by atoms with E-state index < -0.39 is 0 Å². The molecule has 2 aliphatic heterocycles. The van der Waals surface area contributed by atoms with Crippen molar-refractivity contribution in [2.45, 2.75) is 37.8 Å². The van der Waals surface area contributed by atoms with Crippen LogP contribution in [-0.4, -0.2) is 29.6 Å². The summed E-state index contributed by atoms with van der Waals surface area (Å²) in [4.78, 5) is 14.0. The van der Waals surface area contributed by atoms with Gasteiger partial charge >= 0.3 is 0 Å². The molecule has 0 radical (unpaired) electrons. The van der Waals surface area contributed by atoms with E-state index in [0.717, 1.165) is 26.0 Å². The first-order valence-corrected chi connectivity index (χ1v) is 6.73. The van der Waals surface area contributed by atoms with Gasteiger partial charge in [-0.05, 0) is 24.8 Å². The third-order valence-corrected chi connectivity index (χ3v) is 3.96. The number of carbonyl (C=O) groups is 1. The Balaban J connectivity index is 1.69. The van der Waals surface area contributed by atoms with Crippen LogP contribution in [0.4, 0.5) is 0 Å². The Morgan fingerprint density at radius 1 is 1.22 bits per heavy atom. The molecule has 1 atom stereocenters. The number of hydrogen-bond acceptors (Lipinski definition) is 2. The van der Waals surface area contributed by atoms with Crippen molar-refractivity contribution in [2.75, 3.05) is 13.2 Å². The van der Waals surface area contributed by atoms with Crippen LogP contribution in [-0.2, 0) is 16.1 Å². The maximum absolute atomic E-state index is 12.1. The Labute approximate surface area is 108 Å². The molecule has 18 heavy (non-hydrogen) atoms. The highest BCUT2D eigenvalue weighted by atomic mass is 16.5. The van der Waals surface area contributed by atoms with Crippen LogP contribution in [0.25, 0.3) is 0 Å². The number of ether oxygens (including phenoxy) is 1. The molecule has 96 valence electrons. The molecule has 3 heteroatoms. The summed E-state index contributed by atoms with van der Waals surface area (Å²) in [6, 6.07) is 10.2. The lowest BCUT2D eigenvalue weighted by molar-refractivity contribution is -0.128. The zero-order valence-electron chi connectivity index (χ0n) is 10.6. The third-order valence-electron chi connectivity index (χ3n) is 3.96. The van der Waals surface area contributed by atoms with Crippen molar-refractivity contribution in [3.63, 3.8) is 0 Å². The third kappa shape index (κ3) is 2.27. The lowest BCUT2D eigenvalue weighted by Crippen LogP contribution is -2.39. The first-order valence-electron chi connectivity index (χ1n) is 6.73. The minimum Gasteiger partial charge on any atom is -0.373 e. The largest absolute Gasteiger partial charge is 0.373 e. The minimum atomic E-state index is -0.176. The van der Waals surface area contributed by atoms with Gasteiger partial charge in [-0.2, -0.15) is 0 Å². The second kappa shape index (κ2) is 4.73. The van der Waals surface area contributed by atoms with Gasteiger partial charge in [0, 0.05) is 13.2 Å². The highest BCUT2D eigenvalue weighted by Gasteiger charge is 2.44. The maximum Gasteiger partial charge on any atom is 0.225 e.